The summed E-state index contributed by atoms with van der Waals surface area (Å²) in [6.45, 7) is 8.65. The van der Waals surface area contributed by atoms with Gasteiger partial charge in [-0.25, -0.2) is 0 Å². The summed E-state index contributed by atoms with van der Waals surface area (Å²) in [5, 5.41) is 8.95. The fourth-order valence-corrected chi connectivity index (χ4v) is 1.87. The van der Waals surface area contributed by atoms with E-state index < -0.39 is 11.6 Å². The Balaban J connectivity index is 4.41. The highest BCUT2D eigenvalue weighted by molar-refractivity contribution is 5.87. The number of allylic oxidation sites excluding steroid dienone is 1. The van der Waals surface area contributed by atoms with Gasteiger partial charge in [0.25, 0.3) is 0 Å². The van der Waals surface area contributed by atoms with E-state index in [1.54, 1.807) is 6.92 Å². The highest BCUT2D eigenvalue weighted by Crippen LogP contribution is 2.21. The monoisotopic (exact) mass is 284 g/mol. The minimum Gasteiger partial charge on any atom is -0.451 e. The van der Waals surface area contributed by atoms with Crippen molar-refractivity contribution in [2.24, 2.45) is 5.92 Å². The Bertz CT molecular complexity index is 359. The third-order valence-corrected chi connectivity index (χ3v) is 3.53. The highest BCUT2D eigenvalue weighted by Gasteiger charge is 2.31. The molecule has 0 spiro atoms. The number of aliphatic hydroxyl groups is 1. The molecule has 0 aliphatic rings. The van der Waals surface area contributed by atoms with E-state index in [9.17, 15) is 9.59 Å². The first kappa shape index (κ1) is 18.8. The van der Waals surface area contributed by atoms with Crippen LogP contribution < -0.4 is 0 Å². The first-order valence-electron chi connectivity index (χ1n) is 7.18. The second-order valence-corrected chi connectivity index (χ2v) is 5.82. The van der Waals surface area contributed by atoms with Gasteiger partial charge in [-0.05, 0) is 46.0 Å². The maximum atomic E-state index is 11.6. The lowest BCUT2D eigenvalue weighted by Crippen LogP contribution is -2.37. The van der Waals surface area contributed by atoms with Crippen LogP contribution in [0, 0.1) is 5.92 Å². The maximum Gasteiger partial charge on any atom is 0.303 e. The van der Waals surface area contributed by atoms with Crippen molar-refractivity contribution in [3.63, 3.8) is 0 Å². The number of Topliss-reactive ketones (excluding diaryl/α,β-unsaturated/α-hetero) is 1. The van der Waals surface area contributed by atoms with E-state index in [0.717, 1.165) is 19.3 Å². The first-order chi connectivity index (χ1) is 9.21. The summed E-state index contributed by atoms with van der Waals surface area (Å²) in [6, 6.07) is 0. The maximum absolute atomic E-state index is 11.6. The van der Waals surface area contributed by atoms with Crippen LogP contribution in [-0.4, -0.2) is 29.1 Å². The molecule has 0 bridgehead atoms. The summed E-state index contributed by atoms with van der Waals surface area (Å²) in [6.07, 6.45) is 5.29. The zero-order valence-electron chi connectivity index (χ0n) is 13.4. The number of carbonyl (C=O) groups is 2. The molecule has 1 unspecified atom stereocenters. The number of ether oxygens (including phenoxy) is 1. The van der Waals surface area contributed by atoms with Crippen molar-refractivity contribution in [3.05, 3.63) is 11.6 Å². The normalized spacial score (nSPS) is 16.4. The lowest BCUT2D eigenvalue weighted by atomic mass is 9.94. The van der Waals surface area contributed by atoms with Gasteiger partial charge in [-0.15, -0.1) is 0 Å². The summed E-state index contributed by atoms with van der Waals surface area (Å²) in [5.41, 5.74) is 0.112. The minimum absolute atomic E-state index is 0.148. The average molecular weight is 284 g/mol. The van der Waals surface area contributed by atoms with Crippen LogP contribution >= 0.6 is 0 Å². The third kappa shape index (κ3) is 7.43. The van der Waals surface area contributed by atoms with Gasteiger partial charge >= 0.3 is 5.97 Å². The van der Waals surface area contributed by atoms with Crippen molar-refractivity contribution in [1.29, 1.82) is 0 Å². The van der Waals surface area contributed by atoms with Gasteiger partial charge < -0.3 is 9.84 Å². The lowest BCUT2D eigenvalue weighted by molar-refractivity contribution is -0.162. The van der Waals surface area contributed by atoms with E-state index in [-0.39, 0.29) is 12.4 Å². The molecule has 0 fully saturated rings. The van der Waals surface area contributed by atoms with Gasteiger partial charge in [0.1, 0.15) is 0 Å². The Hall–Kier alpha value is -1.16. The van der Waals surface area contributed by atoms with Gasteiger partial charge in [0.15, 0.2) is 11.4 Å². The molecule has 0 saturated heterocycles. The van der Waals surface area contributed by atoms with E-state index >= 15 is 0 Å². The van der Waals surface area contributed by atoms with Gasteiger partial charge in [0.05, 0.1) is 0 Å². The molecule has 0 heterocycles. The number of esters is 1. The minimum atomic E-state index is -1.06. The molecular formula is C16H28O4. The number of carbonyl (C=O) groups excluding carboxylic acids is 2. The number of aliphatic hydroxyl groups excluding tert-OH is 1. The second kappa shape index (κ2) is 8.90. The molecule has 20 heavy (non-hydrogen) atoms. The number of ketones is 1. The van der Waals surface area contributed by atoms with E-state index in [1.807, 2.05) is 19.9 Å². The van der Waals surface area contributed by atoms with Gasteiger partial charge in [0.2, 0.25) is 0 Å². The van der Waals surface area contributed by atoms with Crippen LogP contribution in [-0.2, 0) is 14.3 Å². The van der Waals surface area contributed by atoms with E-state index in [1.165, 1.54) is 19.4 Å². The summed E-state index contributed by atoms with van der Waals surface area (Å²) < 4.78 is 5.14. The van der Waals surface area contributed by atoms with Crippen molar-refractivity contribution in [1.82, 2.24) is 0 Å². The second-order valence-electron chi connectivity index (χ2n) is 5.82. The molecule has 0 aliphatic carbocycles. The fraction of sp³-hybridized carbons (Fsp3) is 0.750. The fourth-order valence-electron chi connectivity index (χ4n) is 1.87. The standard InChI is InChI=1S/C16H28O4/c1-12(7-6-8-13(2)11-17)9-10-16(5,14(3)18)20-15(4)19/h9,13,17H,6-8,10-11H2,1-5H3/b12-9-/t13-,16?/m0/s1. The molecule has 0 aromatic heterocycles. The SMILES string of the molecule is CC(=O)OC(C)(C/C=C(/C)CCC[C@H](C)CO)C(C)=O. The molecule has 0 rings (SSSR count). The van der Waals surface area contributed by atoms with E-state index in [0.29, 0.717) is 12.3 Å². The number of rotatable bonds is 9. The Labute approximate surface area is 122 Å². The lowest BCUT2D eigenvalue weighted by Gasteiger charge is -2.25. The predicted octanol–water partition coefficient (Wildman–Crippen LogP) is 3.03. The number of hydrogen-bond donors (Lipinski definition) is 1. The predicted molar refractivity (Wildman–Crippen MR) is 79.3 cm³/mol. The van der Waals surface area contributed by atoms with Crippen molar-refractivity contribution in [2.75, 3.05) is 6.61 Å². The molecule has 0 aliphatic heterocycles. The zero-order valence-corrected chi connectivity index (χ0v) is 13.4. The molecule has 0 saturated carbocycles. The molecule has 4 nitrogen and oxygen atoms in total. The quantitative estimate of drug-likeness (QED) is 0.522. The molecule has 0 amide bonds. The van der Waals surface area contributed by atoms with Crippen LogP contribution in [0.15, 0.2) is 11.6 Å². The molecule has 2 atom stereocenters. The molecule has 1 N–H and O–H groups in total. The van der Waals surface area contributed by atoms with Crippen LogP contribution in [0.5, 0.6) is 0 Å². The summed E-state index contributed by atoms with van der Waals surface area (Å²) in [5.74, 6) is -0.262. The summed E-state index contributed by atoms with van der Waals surface area (Å²) in [4.78, 5) is 22.7. The highest BCUT2D eigenvalue weighted by atomic mass is 16.6. The smallest absolute Gasteiger partial charge is 0.303 e. The molecular weight excluding hydrogens is 256 g/mol. The van der Waals surface area contributed by atoms with Crippen LogP contribution in [0.25, 0.3) is 0 Å². The Kier molecular flexibility index (Phi) is 8.39. The van der Waals surface area contributed by atoms with Crippen molar-refractivity contribution < 1.29 is 19.4 Å². The Morgan fingerprint density at radius 3 is 2.35 bits per heavy atom. The summed E-state index contributed by atoms with van der Waals surface area (Å²) >= 11 is 0. The third-order valence-electron chi connectivity index (χ3n) is 3.53. The van der Waals surface area contributed by atoms with Gasteiger partial charge in [-0.1, -0.05) is 18.6 Å². The van der Waals surface area contributed by atoms with Crippen LogP contribution in [0.3, 0.4) is 0 Å². The molecule has 116 valence electrons. The Morgan fingerprint density at radius 1 is 1.30 bits per heavy atom. The first-order valence-corrected chi connectivity index (χ1v) is 7.18. The number of hydrogen-bond acceptors (Lipinski definition) is 4. The molecule has 0 aromatic carbocycles. The Morgan fingerprint density at radius 2 is 1.90 bits per heavy atom. The average Bonchev–Trinajstić information content (AvgIpc) is 2.35. The molecule has 0 aromatic rings. The van der Waals surface area contributed by atoms with Crippen LogP contribution in [0.1, 0.15) is 60.3 Å². The van der Waals surface area contributed by atoms with Gasteiger partial charge in [0, 0.05) is 20.0 Å². The van der Waals surface area contributed by atoms with Gasteiger partial charge in [-0.2, -0.15) is 0 Å². The van der Waals surface area contributed by atoms with Crippen molar-refractivity contribution >= 4 is 11.8 Å². The van der Waals surface area contributed by atoms with E-state index in [4.69, 9.17) is 9.84 Å². The van der Waals surface area contributed by atoms with Crippen LogP contribution in [0.2, 0.25) is 0 Å². The zero-order chi connectivity index (χ0) is 15.8. The van der Waals surface area contributed by atoms with Crippen molar-refractivity contribution in [2.45, 2.75) is 65.9 Å². The summed E-state index contributed by atoms with van der Waals surface area (Å²) in [7, 11) is 0. The topological polar surface area (TPSA) is 63.6 Å². The van der Waals surface area contributed by atoms with Gasteiger partial charge in [-0.3, -0.25) is 9.59 Å². The molecule has 0 radical (unpaired) electrons. The van der Waals surface area contributed by atoms with E-state index in [2.05, 4.69) is 0 Å². The molecule has 4 heteroatoms. The van der Waals surface area contributed by atoms with Crippen molar-refractivity contribution in [3.8, 4) is 0 Å². The van der Waals surface area contributed by atoms with Crippen LogP contribution in [0.4, 0.5) is 0 Å². The largest absolute Gasteiger partial charge is 0.451 e.